The van der Waals surface area contributed by atoms with Crippen LogP contribution in [0.1, 0.15) is 24.8 Å². The summed E-state index contributed by atoms with van der Waals surface area (Å²) in [7, 11) is 0. The highest BCUT2D eigenvalue weighted by Gasteiger charge is 2.28. The third-order valence-electron chi connectivity index (χ3n) is 5.12. The number of benzene rings is 1. The minimum absolute atomic E-state index is 0.0898. The Morgan fingerprint density at radius 3 is 2.88 bits per heavy atom. The Kier molecular flexibility index (Phi) is 6.67. The Labute approximate surface area is 150 Å². The second-order valence-corrected chi connectivity index (χ2v) is 7.09. The Morgan fingerprint density at radius 1 is 1.32 bits per heavy atom. The Hall–Kier alpha value is -1.63. The van der Waals surface area contributed by atoms with Crippen molar-refractivity contribution in [1.29, 1.82) is 0 Å². The van der Waals surface area contributed by atoms with Gasteiger partial charge in [-0.3, -0.25) is 20.5 Å². The fourth-order valence-electron chi connectivity index (χ4n) is 3.69. The molecule has 6 heteroatoms. The largest absolute Gasteiger partial charge is 0.492 e. The number of hydrogen-bond acceptors (Lipinski definition) is 5. The number of nitrogens with zero attached hydrogens (tertiary/aromatic N) is 1. The summed E-state index contributed by atoms with van der Waals surface area (Å²) in [6.07, 6.45) is 3.55. The topological polar surface area (TPSA) is 65.6 Å². The van der Waals surface area contributed by atoms with Crippen LogP contribution >= 0.6 is 0 Å². The van der Waals surface area contributed by atoms with Gasteiger partial charge in [-0.1, -0.05) is 12.1 Å². The summed E-state index contributed by atoms with van der Waals surface area (Å²) in [6, 6.07) is 8.56. The van der Waals surface area contributed by atoms with Crippen molar-refractivity contribution in [2.24, 2.45) is 5.92 Å². The highest BCUT2D eigenvalue weighted by molar-refractivity contribution is 5.78. The van der Waals surface area contributed by atoms with Crippen LogP contribution in [0.4, 0.5) is 0 Å². The van der Waals surface area contributed by atoms with Crippen molar-refractivity contribution in [2.45, 2.75) is 32.2 Å². The van der Waals surface area contributed by atoms with Gasteiger partial charge in [-0.15, -0.1) is 0 Å². The lowest BCUT2D eigenvalue weighted by molar-refractivity contribution is -0.122. The molecule has 138 valence electrons. The van der Waals surface area contributed by atoms with Crippen molar-refractivity contribution in [3.05, 3.63) is 29.8 Å². The molecule has 1 amide bonds. The zero-order chi connectivity index (χ0) is 17.5. The Balaban J connectivity index is 1.28. The fraction of sp³-hybridized carbons (Fsp3) is 0.632. The Bertz CT molecular complexity index is 552. The predicted octanol–water partition coefficient (Wildman–Crippen LogP) is 1.07. The molecule has 2 aliphatic rings. The number of likely N-dealkylation sites (tertiary alicyclic amines) is 1. The predicted molar refractivity (Wildman–Crippen MR) is 98.4 cm³/mol. The normalized spacial score (nSPS) is 22.0. The van der Waals surface area contributed by atoms with Gasteiger partial charge in [0.15, 0.2) is 0 Å². The highest BCUT2D eigenvalue weighted by atomic mass is 16.5. The van der Waals surface area contributed by atoms with Crippen molar-refractivity contribution in [1.82, 2.24) is 21.1 Å². The molecule has 2 saturated heterocycles. The molecule has 0 spiro atoms. The average molecular weight is 346 g/mol. The van der Waals surface area contributed by atoms with Crippen LogP contribution in [-0.2, 0) is 4.79 Å². The first-order valence-electron chi connectivity index (χ1n) is 9.37. The van der Waals surface area contributed by atoms with Crippen LogP contribution in [0.3, 0.4) is 0 Å². The van der Waals surface area contributed by atoms with Crippen LogP contribution in [-0.4, -0.2) is 56.2 Å². The molecule has 0 aromatic heterocycles. The van der Waals surface area contributed by atoms with Crippen LogP contribution in [0.25, 0.3) is 0 Å². The van der Waals surface area contributed by atoms with Crippen molar-refractivity contribution >= 4 is 5.91 Å². The molecule has 0 bridgehead atoms. The maximum Gasteiger partial charge on any atom is 0.234 e. The molecule has 1 unspecified atom stereocenters. The molecule has 1 atom stereocenters. The van der Waals surface area contributed by atoms with Crippen LogP contribution in [0, 0.1) is 12.8 Å². The van der Waals surface area contributed by atoms with Gasteiger partial charge in [0.25, 0.3) is 0 Å². The van der Waals surface area contributed by atoms with Gasteiger partial charge in [0, 0.05) is 12.6 Å². The maximum absolute atomic E-state index is 12.1. The molecule has 0 aliphatic carbocycles. The van der Waals surface area contributed by atoms with Crippen LogP contribution < -0.4 is 20.9 Å². The number of carbonyl (C=O) groups excluding carboxylic acids is 1. The van der Waals surface area contributed by atoms with E-state index in [9.17, 15) is 4.79 Å². The van der Waals surface area contributed by atoms with Gasteiger partial charge in [0.2, 0.25) is 5.91 Å². The van der Waals surface area contributed by atoms with E-state index in [1.165, 1.54) is 24.8 Å². The SMILES string of the molecule is Cc1cccc(OCCNC(=O)CN2CCC(C3CCNN3)CC2)c1. The first-order chi connectivity index (χ1) is 12.2. The molecule has 2 aliphatic heterocycles. The van der Waals surface area contributed by atoms with E-state index < -0.39 is 0 Å². The maximum atomic E-state index is 12.1. The van der Waals surface area contributed by atoms with Crippen molar-refractivity contribution in [3.8, 4) is 5.75 Å². The van der Waals surface area contributed by atoms with Gasteiger partial charge in [-0.05, 0) is 62.9 Å². The van der Waals surface area contributed by atoms with Gasteiger partial charge in [0.1, 0.15) is 12.4 Å². The zero-order valence-electron chi connectivity index (χ0n) is 15.1. The third-order valence-corrected chi connectivity index (χ3v) is 5.12. The lowest BCUT2D eigenvalue weighted by atomic mass is 9.88. The molecule has 3 rings (SSSR count). The standard InChI is InChI=1S/C19H30N4O2/c1-15-3-2-4-17(13-15)25-12-9-20-19(24)14-23-10-6-16(7-11-23)18-5-8-21-22-18/h2-4,13,16,18,21-22H,5-12,14H2,1H3,(H,20,24). The summed E-state index contributed by atoms with van der Waals surface area (Å²) in [6.45, 7) is 6.66. The quantitative estimate of drug-likeness (QED) is 0.645. The monoisotopic (exact) mass is 346 g/mol. The minimum atomic E-state index is 0.0898. The number of amides is 1. The van der Waals surface area contributed by atoms with Crippen LogP contribution in [0.15, 0.2) is 24.3 Å². The number of ether oxygens (including phenoxy) is 1. The molecule has 2 heterocycles. The number of piperidine rings is 1. The molecule has 3 N–H and O–H groups in total. The van der Waals surface area contributed by atoms with Gasteiger partial charge in [0.05, 0.1) is 13.1 Å². The Morgan fingerprint density at radius 2 is 2.16 bits per heavy atom. The van der Waals surface area contributed by atoms with E-state index in [0.29, 0.717) is 25.7 Å². The smallest absolute Gasteiger partial charge is 0.234 e. The number of carbonyl (C=O) groups is 1. The van der Waals surface area contributed by atoms with E-state index in [-0.39, 0.29) is 5.91 Å². The summed E-state index contributed by atoms with van der Waals surface area (Å²) in [5.41, 5.74) is 7.76. The van der Waals surface area contributed by atoms with E-state index in [1.807, 2.05) is 31.2 Å². The molecule has 1 aromatic rings. The number of rotatable bonds is 7. The van der Waals surface area contributed by atoms with Gasteiger partial charge >= 0.3 is 0 Å². The number of aryl methyl sites for hydroxylation is 1. The second-order valence-electron chi connectivity index (χ2n) is 7.09. The molecular weight excluding hydrogens is 316 g/mol. The molecule has 25 heavy (non-hydrogen) atoms. The van der Waals surface area contributed by atoms with E-state index in [2.05, 4.69) is 21.1 Å². The first kappa shape index (κ1) is 18.2. The van der Waals surface area contributed by atoms with E-state index in [1.54, 1.807) is 0 Å². The summed E-state index contributed by atoms with van der Waals surface area (Å²) < 4.78 is 5.66. The highest BCUT2D eigenvalue weighted by Crippen LogP contribution is 2.23. The summed E-state index contributed by atoms with van der Waals surface area (Å²) in [4.78, 5) is 14.3. The first-order valence-corrected chi connectivity index (χ1v) is 9.37. The number of hydrogen-bond donors (Lipinski definition) is 3. The van der Waals surface area contributed by atoms with Crippen molar-refractivity contribution < 1.29 is 9.53 Å². The number of nitrogens with one attached hydrogen (secondary N) is 3. The fourth-order valence-corrected chi connectivity index (χ4v) is 3.69. The second kappa shape index (κ2) is 9.17. The molecular formula is C19H30N4O2. The summed E-state index contributed by atoms with van der Waals surface area (Å²) in [5.74, 6) is 1.68. The molecule has 0 saturated carbocycles. The zero-order valence-corrected chi connectivity index (χ0v) is 15.1. The van der Waals surface area contributed by atoms with Gasteiger partial charge in [-0.2, -0.15) is 0 Å². The van der Waals surface area contributed by atoms with Crippen molar-refractivity contribution in [3.63, 3.8) is 0 Å². The average Bonchev–Trinajstić information content (AvgIpc) is 3.14. The lowest BCUT2D eigenvalue weighted by Crippen LogP contribution is -2.46. The third kappa shape index (κ3) is 5.70. The lowest BCUT2D eigenvalue weighted by Gasteiger charge is -2.34. The van der Waals surface area contributed by atoms with Gasteiger partial charge in [-0.25, -0.2) is 0 Å². The van der Waals surface area contributed by atoms with E-state index in [4.69, 9.17) is 4.74 Å². The summed E-state index contributed by atoms with van der Waals surface area (Å²) >= 11 is 0. The van der Waals surface area contributed by atoms with E-state index in [0.717, 1.165) is 31.3 Å². The molecule has 2 fully saturated rings. The summed E-state index contributed by atoms with van der Waals surface area (Å²) in [5, 5.41) is 2.95. The van der Waals surface area contributed by atoms with Crippen molar-refractivity contribution in [2.75, 3.05) is 39.3 Å². The molecule has 6 nitrogen and oxygen atoms in total. The molecule has 1 aromatic carbocycles. The number of hydrazine groups is 1. The van der Waals surface area contributed by atoms with Crippen LogP contribution in [0.5, 0.6) is 5.75 Å². The molecule has 0 radical (unpaired) electrons. The van der Waals surface area contributed by atoms with Crippen LogP contribution in [0.2, 0.25) is 0 Å². The van der Waals surface area contributed by atoms with Gasteiger partial charge < -0.3 is 10.1 Å². The van der Waals surface area contributed by atoms with E-state index >= 15 is 0 Å². The minimum Gasteiger partial charge on any atom is -0.492 e.